The average Bonchev–Trinajstić information content (AvgIpc) is 2.39. The highest BCUT2D eigenvalue weighted by atomic mass is 16.7. The van der Waals surface area contributed by atoms with Gasteiger partial charge in [-0.15, -0.1) is 0 Å². The molecule has 2 N–H and O–H groups in total. The molecule has 6 nitrogen and oxygen atoms in total. The number of hydrogen-bond donors (Lipinski definition) is 2. The summed E-state index contributed by atoms with van der Waals surface area (Å²) in [5.41, 5.74) is 0. The Morgan fingerprint density at radius 1 is 1.22 bits per heavy atom. The fourth-order valence-electron chi connectivity index (χ4n) is 2.32. The van der Waals surface area contributed by atoms with Crippen LogP contribution in [-0.4, -0.2) is 44.0 Å². The Morgan fingerprint density at radius 2 is 1.78 bits per heavy atom. The van der Waals surface area contributed by atoms with Crippen molar-refractivity contribution in [3.63, 3.8) is 0 Å². The molecule has 0 aromatic rings. The molecule has 18 heavy (non-hydrogen) atoms. The summed E-state index contributed by atoms with van der Waals surface area (Å²) in [6.45, 7) is 0.231. The number of hydrogen-bond acceptors (Lipinski definition) is 4. The van der Waals surface area contributed by atoms with Gasteiger partial charge in [0.1, 0.15) is 0 Å². The van der Waals surface area contributed by atoms with Gasteiger partial charge in [0.2, 0.25) is 5.91 Å². The zero-order valence-electron chi connectivity index (χ0n) is 10.8. The van der Waals surface area contributed by atoms with E-state index >= 15 is 0 Å². The van der Waals surface area contributed by atoms with Gasteiger partial charge in [-0.05, 0) is 12.8 Å². The van der Waals surface area contributed by atoms with E-state index in [0.717, 1.165) is 12.8 Å². The van der Waals surface area contributed by atoms with Crippen LogP contribution in [0, 0.1) is 11.8 Å². The van der Waals surface area contributed by atoms with Crippen LogP contribution in [-0.2, 0) is 19.1 Å². The van der Waals surface area contributed by atoms with Gasteiger partial charge in [0.15, 0.2) is 6.29 Å². The molecule has 6 heteroatoms. The molecule has 1 aliphatic rings. The van der Waals surface area contributed by atoms with Crippen LogP contribution in [0.1, 0.15) is 25.7 Å². The molecule has 0 aromatic heterocycles. The van der Waals surface area contributed by atoms with E-state index in [9.17, 15) is 9.59 Å². The van der Waals surface area contributed by atoms with Crippen molar-refractivity contribution in [3.8, 4) is 0 Å². The van der Waals surface area contributed by atoms with Crippen LogP contribution >= 0.6 is 0 Å². The Kier molecular flexibility index (Phi) is 6.07. The number of carbonyl (C=O) groups excluding carboxylic acids is 1. The van der Waals surface area contributed by atoms with Gasteiger partial charge >= 0.3 is 5.97 Å². The van der Waals surface area contributed by atoms with Crippen molar-refractivity contribution >= 4 is 11.9 Å². The van der Waals surface area contributed by atoms with Gasteiger partial charge in [-0.3, -0.25) is 9.59 Å². The number of carboxylic acids is 1. The molecule has 1 aliphatic carbocycles. The predicted molar refractivity (Wildman–Crippen MR) is 63.9 cm³/mol. The topological polar surface area (TPSA) is 84.9 Å². The van der Waals surface area contributed by atoms with Crippen LogP contribution in [0.2, 0.25) is 0 Å². The Hall–Kier alpha value is -1.14. The quantitative estimate of drug-likeness (QED) is 0.683. The third-order valence-electron chi connectivity index (χ3n) is 3.39. The minimum atomic E-state index is -0.884. The van der Waals surface area contributed by atoms with E-state index in [4.69, 9.17) is 14.6 Å². The maximum Gasteiger partial charge on any atom is 0.307 e. The standard InChI is InChI=1S/C12H21NO5/c1-17-10(18-2)7-13-11(14)8-5-3-4-6-9(8)12(15)16/h8-10H,3-7H2,1-2H3,(H,13,14)(H,15,16)/t8-,9-/m0/s1. The van der Waals surface area contributed by atoms with Crippen LogP contribution in [0.15, 0.2) is 0 Å². The van der Waals surface area contributed by atoms with Crippen molar-refractivity contribution in [1.82, 2.24) is 5.32 Å². The number of rotatable bonds is 6. The van der Waals surface area contributed by atoms with Gasteiger partial charge in [0.05, 0.1) is 18.4 Å². The molecule has 0 aromatic carbocycles. The first-order valence-electron chi connectivity index (χ1n) is 6.16. The van der Waals surface area contributed by atoms with Gasteiger partial charge in [-0.1, -0.05) is 12.8 Å². The predicted octanol–water partition coefficient (Wildman–Crippen LogP) is 0.612. The number of nitrogens with one attached hydrogen (secondary N) is 1. The maximum absolute atomic E-state index is 12.0. The highest BCUT2D eigenvalue weighted by Crippen LogP contribution is 2.30. The van der Waals surface area contributed by atoms with E-state index < -0.39 is 24.1 Å². The number of ether oxygens (including phenoxy) is 2. The minimum Gasteiger partial charge on any atom is -0.481 e. The van der Waals surface area contributed by atoms with Crippen LogP contribution in [0.4, 0.5) is 0 Å². The van der Waals surface area contributed by atoms with E-state index in [-0.39, 0.29) is 12.5 Å². The highest BCUT2D eigenvalue weighted by molar-refractivity contribution is 5.84. The van der Waals surface area contributed by atoms with Gasteiger partial charge in [0.25, 0.3) is 0 Å². The summed E-state index contributed by atoms with van der Waals surface area (Å²) in [5.74, 6) is -2.11. The summed E-state index contributed by atoms with van der Waals surface area (Å²) < 4.78 is 9.92. The van der Waals surface area contributed by atoms with Crippen molar-refractivity contribution in [3.05, 3.63) is 0 Å². The van der Waals surface area contributed by atoms with Gasteiger partial charge in [-0.25, -0.2) is 0 Å². The first-order valence-corrected chi connectivity index (χ1v) is 6.16. The second-order valence-corrected chi connectivity index (χ2v) is 4.48. The Morgan fingerprint density at radius 3 is 2.28 bits per heavy atom. The van der Waals surface area contributed by atoms with E-state index in [0.29, 0.717) is 12.8 Å². The lowest BCUT2D eigenvalue weighted by atomic mass is 9.79. The fraction of sp³-hybridized carbons (Fsp3) is 0.833. The molecule has 2 atom stereocenters. The van der Waals surface area contributed by atoms with Crippen molar-refractivity contribution in [2.75, 3.05) is 20.8 Å². The smallest absolute Gasteiger partial charge is 0.307 e. The van der Waals surface area contributed by atoms with Gasteiger partial charge < -0.3 is 19.9 Å². The summed E-state index contributed by atoms with van der Waals surface area (Å²) in [6, 6.07) is 0. The van der Waals surface area contributed by atoms with Gasteiger partial charge in [-0.2, -0.15) is 0 Å². The Bertz CT molecular complexity index is 290. The summed E-state index contributed by atoms with van der Waals surface area (Å²) in [6.07, 6.45) is 2.49. The second kappa shape index (κ2) is 7.33. The van der Waals surface area contributed by atoms with Crippen LogP contribution in [0.5, 0.6) is 0 Å². The fourth-order valence-corrected chi connectivity index (χ4v) is 2.32. The van der Waals surface area contributed by atoms with Crippen molar-refractivity contribution < 1.29 is 24.2 Å². The highest BCUT2D eigenvalue weighted by Gasteiger charge is 2.35. The summed E-state index contributed by atoms with van der Waals surface area (Å²) in [4.78, 5) is 23.1. The Labute approximate surface area is 107 Å². The number of aliphatic carboxylic acids is 1. The summed E-state index contributed by atoms with van der Waals surface area (Å²) >= 11 is 0. The molecule has 0 saturated heterocycles. The number of amides is 1. The van der Waals surface area contributed by atoms with Crippen molar-refractivity contribution in [2.24, 2.45) is 11.8 Å². The first kappa shape index (κ1) is 14.9. The van der Waals surface area contributed by atoms with Crippen molar-refractivity contribution in [1.29, 1.82) is 0 Å². The molecule has 1 amide bonds. The molecule has 0 heterocycles. The monoisotopic (exact) mass is 259 g/mol. The van der Waals surface area contributed by atoms with Gasteiger partial charge in [0, 0.05) is 14.2 Å². The average molecular weight is 259 g/mol. The van der Waals surface area contributed by atoms with E-state index in [1.807, 2.05) is 0 Å². The zero-order chi connectivity index (χ0) is 13.5. The zero-order valence-corrected chi connectivity index (χ0v) is 10.8. The molecule has 0 radical (unpaired) electrons. The Balaban J connectivity index is 2.50. The number of carboxylic acid groups (broad SMARTS) is 1. The van der Waals surface area contributed by atoms with Crippen molar-refractivity contribution in [2.45, 2.75) is 32.0 Å². The molecular weight excluding hydrogens is 238 g/mol. The third-order valence-corrected chi connectivity index (χ3v) is 3.39. The van der Waals surface area contributed by atoms with Crippen LogP contribution < -0.4 is 5.32 Å². The van der Waals surface area contributed by atoms with Crippen LogP contribution in [0.25, 0.3) is 0 Å². The first-order chi connectivity index (χ1) is 8.60. The lowest BCUT2D eigenvalue weighted by molar-refractivity contribution is -0.149. The van der Waals surface area contributed by atoms with Crippen LogP contribution in [0.3, 0.4) is 0 Å². The van der Waals surface area contributed by atoms with E-state index in [2.05, 4.69) is 5.32 Å². The minimum absolute atomic E-state index is 0.221. The largest absolute Gasteiger partial charge is 0.481 e. The lowest BCUT2D eigenvalue weighted by Gasteiger charge is -2.27. The SMILES string of the molecule is COC(CNC(=O)[C@H]1CCCC[C@@H]1C(=O)O)OC. The second-order valence-electron chi connectivity index (χ2n) is 4.48. The molecule has 104 valence electrons. The molecule has 0 bridgehead atoms. The molecule has 1 fully saturated rings. The van der Waals surface area contributed by atoms with E-state index in [1.54, 1.807) is 0 Å². The third kappa shape index (κ3) is 3.96. The summed E-state index contributed by atoms with van der Waals surface area (Å²) in [7, 11) is 2.97. The molecule has 1 rings (SSSR count). The lowest BCUT2D eigenvalue weighted by Crippen LogP contribution is -2.42. The molecule has 0 aliphatic heterocycles. The summed E-state index contributed by atoms with van der Waals surface area (Å²) in [5, 5.41) is 11.8. The number of carbonyl (C=O) groups is 2. The maximum atomic E-state index is 12.0. The number of methoxy groups -OCH3 is 2. The molecular formula is C12H21NO5. The van der Waals surface area contributed by atoms with E-state index in [1.165, 1.54) is 14.2 Å². The molecule has 0 unspecified atom stereocenters. The normalized spacial score (nSPS) is 23.9. The molecule has 1 saturated carbocycles. The molecule has 0 spiro atoms.